The van der Waals surface area contributed by atoms with E-state index in [0.29, 0.717) is 0 Å². The molecule has 1 atom stereocenters. The highest BCUT2D eigenvalue weighted by Gasteiger charge is 2.12. The van der Waals surface area contributed by atoms with Crippen molar-refractivity contribution in [3.63, 3.8) is 0 Å². The number of allylic oxidation sites excluding steroid dienone is 1. The van der Waals surface area contributed by atoms with E-state index >= 15 is 0 Å². The van der Waals surface area contributed by atoms with E-state index in [0.717, 1.165) is 32.5 Å². The lowest BCUT2D eigenvalue weighted by molar-refractivity contribution is -0.162. The summed E-state index contributed by atoms with van der Waals surface area (Å²) < 4.78 is 10.9. The molecule has 1 fully saturated rings. The lowest BCUT2D eigenvalue weighted by atomic mass is 10.2. The molecular formula is C10H18O2. The Bertz CT molecular complexity index is 117. The maximum absolute atomic E-state index is 5.52. The van der Waals surface area contributed by atoms with Gasteiger partial charge in [0.25, 0.3) is 0 Å². The fraction of sp³-hybridized carbons (Fsp3) is 0.800. The minimum Gasteiger partial charge on any atom is -0.353 e. The molecule has 2 heteroatoms. The molecule has 0 unspecified atom stereocenters. The lowest BCUT2D eigenvalue weighted by Gasteiger charge is -2.22. The van der Waals surface area contributed by atoms with E-state index in [2.05, 4.69) is 6.58 Å². The van der Waals surface area contributed by atoms with Crippen molar-refractivity contribution in [1.29, 1.82) is 0 Å². The van der Waals surface area contributed by atoms with E-state index < -0.39 is 0 Å². The molecule has 0 N–H and O–H groups in total. The first-order chi connectivity index (χ1) is 5.93. The molecule has 0 aromatic carbocycles. The van der Waals surface area contributed by atoms with Crippen molar-refractivity contribution >= 4 is 0 Å². The van der Waals surface area contributed by atoms with Crippen LogP contribution in [0, 0.1) is 0 Å². The number of ether oxygens (including phenoxy) is 2. The first-order valence-electron chi connectivity index (χ1n) is 4.77. The summed E-state index contributed by atoms with van der Waals surface area (Å²) in [7, 11) is 0. The van der Waals surface area contributed by atoms with Crippen molar-refractivity contribution in [2.45, 2.75) is 38.4 Å². The number of unbranched alkanes of at least 4 members (excludes halogenated alkanes) is 1. The third kappa shape index (κ3) is 3.88. The van der Waals surface area contributed by atoms with Gasteiger partial charge in [-0.3, -0.25) is 0 Å². The third-order valence-corrected chi connectivity index (χ3v) is 1.99. The molecule has 0 spiro atoms. The molecule has 0 aromatic heterocycles. The van der Waals surface area contributed by atoms with E-state index in [1.54, 1.807) is 0 Å². The molecule has 2 nitrogen and oxygen atoms in total. The van der Waals surface area contributed by atoms with Gasteiger partial charge in [0.2, 0.25) is 0 Å². The smallest absolute Gasteiger partial charge is 0.157 e. The highest BCUT2D eigenvalue weighted by atomic mass is 16.7. The largest absolute Gasteiger partial charge is 0.353 e. The molecule has 0 saturated carbocycles. The second-order valence-electron chi connectivity index (χ2n) is 3.10. The van der Waals surface area contributed by atoms with Crippen LogP contribution in [0.3, 0.4) is 0 Å². The predicted octanol–water partition coefficient (Wildman–Crippen LogP) is 2.50. The number of rotatable bonds is 5. The Morgan fingerprint density at radius 2 is 2.42 bits per heavy atom. The topological polar surface area (TPSA) is 18.5 Å². The minimum absolute atomic E-state index is 0.0727. The van der Waals surface area contributed by atoms with Crippen LogP contribution in [0.5, 0.6) is 0 Å². The summed E-state index contributed by atoms with van der Waals surface area (Å²) in [6.07, 6.45) is 7.58. The maximum atomic E-state index is 5.52. The van der Waals surface area contributed by atoms with Crippen LogP contribution in [0.25, 0.3) is 0 Å². The molecule has 0 radical (unpaired) electrons. The van der Waals surface area contributed by atoms with Crippen LogP contribution >= 0.6 is 0 Å². The van der Waals surface area contributed by atoms with Gasteiger partial charge in [0.05, 0.1) is 6.61 Å². The van der Waals surface area contributed by atoms with E-state index in [9.17, 15) is 0 Å². The molecule has 12 heavy (non-hydrogen) atoms. The van der Waals surface area contributed by atoms with E-state index in [1.807, 2.05) is 6.08 Å². The first-order valence-corrected chi connectivity index (χ1v) is 4.77. The van der Waals surface area contributed by atoms with Crippen LogP contribution in [-0.2, 0) is 9.47 Å². The first kappa shape index (κ1) is 9.75. The molecule has 0 aliphatic carbocycles. The predicted molar refractivity (Wildman–Crippen MR) is 49.0 cm³/mol. The zero-order valence-corrected chi connectivity index (χ0v) is 7.63. The Morgan fingerprint density at radius 3 is 3.08 bits per heavy atom. The van der Waals surface area contributed by atoms with Gasteiger partial charge in [-0.05, 0) is 32.1 Å². The average Bonchev–Trinajstić information content (AvgIpc) is 2.14. The van der Waals surface area contributed by atoms with Gasteiger partial charge in [-0.2, -0.15) is 0 Å². The van der Waals surface area contributed by atoms with Crippen LogP contribution in [0.1, 0.15) is 32.1 Å². The van der Waals surface area contributed by atoms with Crippen LogP contribution in [0.2, 0.25) is 0 Å². The summed E-state index contributed by atoms with van der Waals surface area (Å²) in [6, 6.07) is 0. The molecule has 1 aliphatic heterocycles. The van der Waals surface area contributed by atoms with Crippen molar-refractivity contribution in [3.05, 3.63) is 12.7 Å². The molecule has 1 heterocycles. The molecule has 1 aliphatic rings. The monoisotopic (exact) mass is 170 g/mol. The Kier molecular flexibility index (Phi) is 5.04. The highest BCUT2D eigenvalue weighted by molar-refractivity contribution is 4.65. The van der Waals surface area contributed by atoms with Crippen molar-refractivity contribution in [1.82, 2.24) is 0 Å². The standard InChI is InChI=1S/C10H18O2/c1-2-3-5-8-11-10-7-4-6-9-12-10/h2,10H,1,3-9H2/t10-/m1/s1. The zero-order valence-electron chi connectivity index (χ0n) is 7.63. The minimum atomic E-state index is 0.0727. The Morgan fingerprint density at radius 1 is 1.50 bits per heavy atom. The lowest BCUT2D eigenvalue weighted by Crippen LogP contribution is -2.22. The van der Waals surface area contributed by atoms with Gasteiger partial charge in [-0.25, -0.2) is 0 Å². The third-order valence-electron chi connectivity index (χ3n) is 1.99. The van der Waals surface area contributed by atoms with Gasteiger partial charge in [-0.1, -0.05) is 6.08 Å². The maximum Gasteiger partial charge on any atom is 0.157 e. The fourth-order valence-electron chi connectivity index (χ4n) is 1.29. The number of hydrogen-bond acceptors (Lipinski definition) is 2. The molecule has 70 valence electrons. The second kappa shape index (κ2) is 6.21. The quantitative estimate of drug-likeness (QED) is 0.466. The van der Waals surface area contributed by atoms with E-state index in [4.69, 9.17) is 9.47 Å². The molecular weight excluding hydrogens is 152 g/mol. The molecule has 0 bridgehead atoms. The van der Waals surface area contributed by atoms with Crippen LogP contribution in [0.15, 0.2) is 12.7 Å². The van der Waals surface area contributed by atoms with Crippen LogP contribution in [0.4, 0.5) is 0 Å². The molecule has 0 amide bonds. The second-order valence-corrected chi connectivity index (χ2v) is 3.10. The van der Waals surface area contributed by atoms with Crippen molar-refractivity contribution in [2.24, 2.45) is 0 Å². The van der Waals surface area contributed by atoms with Crippen LogP contribution < -0.4 is 0 Å². The van der Waals surface area contributed by atoms with Crippen LogP contribution in [-0.4, -0.2) is 19.5 Å². The summed E-state index contributed by atoms with van der Waals surface area (Å²) >= 11 is 0. The van der Waals surface area contributed by atoms with Crippen molar-refractivity contribution in [3.8, 4) is 0 Å². The Labute approximate surface area is 74.6 Å². The fourth-order valence-corrected chi connectivity index (χ4v) is 1.29. The Balaban J connectivity index is 1.94. The van der Waals surface area contributed by atoms with E-state index in [1.165, 1.54) is 12.8 Å². The van der Waals surface area contributed by atoms with Gasteiger partial charge in [0.1, 0.15) is 0 Å². The summed E-state index contributed by atoms with van der Waals surface area (Å²) in [5.74, 6) is 0. The summed E-state index contributed by atoms with van der Waals surface area (Å²) in [5.41, 5.74) is 0. The van der Waals surface area contributed by atoms with Gasteiger partial charge in [0, 0.05) is 6.61 Å². The normalized spacial score (nSPS) is 23.8. The van der Waals surface area contributed by atoms with Gasteiger partial charge in [-0.15, -0.1) is 6.58 Å². The Hall–Kier alpha value is -0.340. The van der Waals surface area contributed by atoms with Gasteiger partial charge >= 0.3 is 0 Å². The van der Waals surface area contributed by atoms with Crippen molar-refractivity contribution < 1.29 is 9.47 Å². The average molecular weight is 170 g/mol. The highest BCUT2D eigenvalue weighted by Crippen LogP contribution is 2.13. The molecule has 1 saturated heterocycles. The zero-order chi connectivity index (χ0) is 8.65. The van der Waals surface area contributed by atoms with Gasteiger partial charge < -0.3 is 9.47 Å². The van der Waals surface area contributed by atoms with Crippen molar-refractivity contribution in [2.75, 3.05) is 13.2 Å². The number of hydrogen-bond donors (Lipinski definition) is 0. The summed E-state index contributed by atoms with van der Waals surface area (Å²) in [6.45, 7) is 5.33. The van der Waals surface area contributed by atoms with Gasteiger partial charge in [0.15, 0.2) is 6.29 Å². The summed E-state index contributed by atoms with van der Waals surface area (Å²) in [4.78, 5) is 0. The van der Waals surface area contributed by atoms with E-state index in [-0.39, 0.29) is 6.29 Å². The molecule has 0 aromatic rings. The molecule has 1 rings (SSSR count). The SMILES string of the molecule is C=CCCCO[C@H]1CCCCO1. The summed E-state index contributed by atoms with van der Waals surface area (Å²) in [5, 5.41) is 0.